The molecule has 88 valence electrons. The largest absolute Gasteiger partial charge is 0.398 e. The van der Waals surface area contributed by atoms with E-state index in [2.05, 4.69) is 0 Å². The lowest BCUT2D eigenvalue weighted by Gasteiger charge is -2.12. The van der Waals surface area contributed by atoms with E-state index in [1.807, 2.05) is 0 Å². The van der Waals surface area contributed by atoms with Crippen LogP contribution in [0.15, 0.2) is 23.1 Å². The molecule has 1 aromatic rings. The maximum Gasteiger partial charge on any atom is 0.235 e. The van der Waals surface area contributed by atoms with Gasteiger partial charge in [-0.15, -0.1) is 0 Å². The van der Waals surface area contributed by atoms with Crippen LogP contribution in [0.1, 0.15) is 6.92 Å². The fourth-order valence-electron chi connectivity index (χ4n) is 1.16. The molecule has 0 aliphatic carbocycles. The summed E-state index contributed by atoms with van der Waals surface area (Å²) >= 11 is 5.75. The number of anilines is 1. The summed E-state index contributed by atoms with van der Waals surface area (Å²) in [6, 6.07) is 4.30. The highest BCUT2D eigenvalue weighted by Crippen LogP contribution is 2.29. The van der Waals surface area contributed by atoms with E-state index in [0.29, 0.717) is 0 Å². The van der Waals surface area contributed by atoms with E-state index in [0.717, 1.165) is 0 Å². The number of sulfone groups is 1. The molecule has 0 bridgehead atoms. The van der Waals surface area contributed by atoms with Crippen molar-refractivity contribution in [2.45, 2.75) is 17.1 Å². The van der Waals surface area contributed by atoms with Crippen molar-refractivity contribution in [3.8, 4) is 0 Å². The van der Waals surface area contributed by atoms with E-state index in [9.17, 15) is 13.2 Å². The van der Waals surface area contributed by atoms with Crippen LogP contribution in [0.5, 0.6) is 0 Å². The van der Waals surface area contributed by atoms with E-state index in [-0.39, 0.29) is 15.6 Å². The van der Waals surface area contributed by atoms with Crippen LogP contribution in [0, 0.1) is 0 Å². The molecule has 0 saturated carbocycles. The van der Waals surface area contributed by atoms with Crippen LogP contribution < -0.4 is 11.5 Å². The molecule has 0 fully saturated rings. The SMILES string of the molecule is CC(C(N)=O)S(=O)(=O)c1c(N)cccc1Cl. The third kappa shape index (κ3) is 2.12. The Kier molecular flexibility index (Phi) is 3.44. The van der Waals surface area contributed by atoms with Crippen molar-refractivity contribution in [3.63, 3.8) is 0 Å². The van der Waals surface area contributed by atoms with Crippen LogP contribution in [0.4, 0.5) is 5.69 Å². The average Bonchev–Trinajstić information content (AvgIpc) is 2.15. The molecule has 7 heteroatoms. The number of nitrogens with two attached hydrogens (primary N) is 2. The van der Waals surface area contributed by atoms with Crippen molar-refractivity contribution < 1.29 is 13.2 Å². The lowest BCUT2D eigenvalue weighted by atomic mass is 10.3. The highest BCUT2D eigenvalue weighted by molar-refractivity contribution is 7.93. The molecule has 0 spiro atoms. The Balaban J connectivity index is 3.45. The van der Waals surface area contributed by atoms with E-state index < -0.39 is 21.0 Å². The number of rotatable bonds is 3. The normalized spacial score (nSPS) is 13.4. The Labute approximate surface area is 98.3 Å². The van der Waals surface area contributed by atoms with E-state index in [4.69, 9.17) is 23.1 Å². The number of amides is 1. The molecule has 1 atom stereocenters. The molecule has 4 N–H and O–H groups in total. The number of benzene rings is 1. The zero-order valence-corrected chi connectivity index (χ0v) is 10.0. The monoisotopic (exact) mass is 262 g/mol. The van der Waals surface area contributed by atoms with E-state index in [1.165, 1.54) is 25.1 Å². The minimum absolute atomic E-state index is 0.000556. The summed E-state index contributed by atoms with van der Waals surface area (Å²) in [5.41, 5.74) is 10.5. The molecule has 0 aliphatic heterocycles. The fourth-order valence-corrected chi connectivity index (χ4v) is 3.06. The summed E-state index contributed by atoms with van der Waals surface area (Å²) < 4.78 is 23.9. The van der Waals surface area contributed by atoms with Crippen molar-refractivity contribution in [2.24, 2.45) is 5.73 Å². The van der Waals surface area contributed by atoms with Crippen LogP contribution in [0.25, 0.3) is 0 Å². The van der Waals surface area contributed by atoms with Gasteiger partial charge in [0.05, 0.1) is 10.7 Å². The third-order valence-electron chi connectivity index (χ3n) is 2.15. The van der Waals surface area contributed by atoms with Crippen molar-refractivity contribution in [2.75, 3.05) is 5.73 Å². The van der Waals surface area contributed by atoms with Crippen LogP contribution in [0.3, 0.4) is 0 Å². The predicted octanol–water partition coefficient (Wildman–Crippen LogP) is 0.570. The van der Waals surface area contributed by atoms with Crippen molar-refractivity contribution in [1.29, 1.82) is 0 Å². The first kappa shape index (κ1) is 12.8. The first-order chi connectivity index (χ1) is 7.28. The second kappa shape index (κ2) is 4.31. The summed E-state index contributed by atoms with van der Waals surface area (Å²) in [5.74, 6) is -0.945. The highest BCUT2D eigenvalue weighted by Gasteiger charge is 2.31. The maximum atomic E-state index is 12.0. The zero-order chi connectivity index (χ0) is 12.5. The van der Waals surface area contributed by atoms with Gasteiger partial charge in [-0.2, -0.15) is 0 Å². The molecule has 1 unspecified atom stereocenters. The molecule has 0 aromatic heterocycles. The second-order valence-electron chi connectivity index (χ2n) is 3.25. The minimum atomic E-state index is -3.93. The summed E-state index contributed by atoms with van der Waals surface area (Å²) in [5, 5.41) is -1.39. The molecule has 1 rings (SSSR count). The van der Waals surface area contributed by atoms with Gasteiger partial charge in [-0.25, -0.2) is 8.42 Å². The quantitative estimate of drug-likeness (QED) is 0.777. The topological polar surface area (TPSA) is 103 Å². The summed E-state index contributed by atoms with van der Waals surface area (Å²) in [6.07, 6.45) is 0. The molecule has 0 heterocycles. The molecule has 5 nitrogen and oxygen atoms in total. The lowest BCUT2D eigenvalue weighted by Crippen LogP contribution is -2.33. The summed E-state index contributed by atoms with van der Waals surface area (Å²) in [7, 11) is -3.93. The summed E-state index contributed by atoms with van der Waals surface area (Å²) in [6.45, 7) is 1.19. The number of primary amides is 1. The van der Waals surface area contributed by atoms with Gasteiger partial charge in [0.15, 0.2) is 9.84 Å². The van der Waals surface area contributed by atoms with Crippen LogP contribution in [0.2, 0.25) is 5.02 Å². The number of halogens is 1. The maximum absolute atomic E-state index is 12.0. The molecule has 1 amide bonds. The van der Waals surface area contributed by atoms with E-state index >= 15 is 0 Å². The third-order valence-corrected chi connectivity index (χ3v) is 4.76. The Morgan fingerprint density at radius 3 is 2.44 bits per heavy atom. The summed E-state index contributed by atoms with van der Waals surface area (Å²) in [4.78, 5) is 10.7. The minimum Gasteiger partial charge on any atom is -0.398 e. The second-order valence-corrected chi connectivity index (χ2v) is 5.86. The number of hydrogen-bond acceptors (Lipinski definition) is 4. The molecule has 0 radical (unpaired) electrons. The number of carbonyl (C=O) groups excluding carboxylic acids is 1. The highest BCUT2D eigenvalue weighted by atomic mass is 35.5. The van der Waals surface area contributed by atoms with Crippen LogP contribution in [-0.2, 0) is 14.6 Å². The number of hydrogen-bond donors (Lipinski definition) is 2. The number of carbonyl (C=O) groups is 1. The van der Waals surface area contributed by atoms with Gasteiger partial charge in [0, 0.05) is 0 Å². The zero-order valence-electron chi connectivity index (χ0n) is 8.48. The van der Waals surface area contributed by atoms with Crippen LogP contribution in [-0.4, -0.2) is 19.6 Å². The smallest absolute Gasteiger partial charge is 0.235 e. The molecular weight excluding hydrogens is 252 g/mol. The number of nitrogen functional groups attached to an aromatic ring is 1. The lowest BCUT2D eigenvalue weighted by molar-refractivity contribution is -0.117. The van der Waals surface area contributed by atoms with Gasteiger partial charge in [-0.3, -0.25) is 4.79 Å². The van der Waals surface area contributed by atoms with E-state index in [1.54, 1.807) is 0 Å². The van der Waals surface area contributed by atoms with Gasteiger partial charge in [-0.1, -0.05) is 17.7 Å². The van der Waals surface area contributed by atoms with Gasteiger partial charge in [0.2, 0.25) is 5.91 Å². The van der Waals surface area contributed by atoms with Crippen molar-refractivity contribution >= 4 is 33.0 Å². The van der Waals surface area contributed by atoms with Gasteiger partial charge >= 0.3 is 0 Å². The molecular formula is C9H11ClN2O3S. The Bertz CT molecular complexity index is 507. The first-order valence-corrected chi connectivity index (χ1v) is 6.28. The predicted molar refractivity (Wildman–Crippen MR) is 61.7 cm³/mol. The molecule has 0 saturated heterocycles. The average molecular weight is 263 g/mol. The van der Waals surface area contributed by atoms with Gasteiger partial charge in [-0.05, 0) is 19.1 Å². The van der Waals surface area contributed by atoms with Gasteiger partial charge in [0.25, 0.3) is 0 Å². The Morgan fingerprint density at radius 2 is 2.00 bits per heavy atom. The Morgan fingerprint density at radius 1 is 1.44 bits per heavy atom. The fraction of sp³-hybridized carbons (Fsp3) is 0.222. The van der Waals surface area contributed by atoms with Gasteiger partial charge < -0.3 is 11.5 Å². The molecule has 0 aliphatic rings. The Hall–Kier alpha value is -1.27. The van der Waals surface area contributed by atoms with Gasteiger partial charge in [0.1, 0.15) is 10.1 Å². The molecule has 1 aromatic carbocycles. The first-order valence-electron chi connectivity index (χ1n) is 4.35. The molecule has 16 heavy (non-hydrogen) atoms. The standard InChI is InChI=1S/C9H11ClN2O3S/c1-5(9(12)13)16(14,15)8-6(10)3-2-4-7(8)11/h2-5H,11H2,1H3,(H2,12,13). The van der Waals surface area contributed by atoms with Crippen molar-refractivity contribution in [3.05, 3.63) is 23.2 Å². The van der Waals surface area contributed by atoms with Crippen LogP contribution >= 0.6 is 11.6 Å². The van der Waals surface area contributed by atoms with Crippen molar-refractivity contribution in [1.82, 2.24) is 0 Å².